The van der Waals surface area contributed by atoms with Crippen molar-refractivity contribution in [1.82, 2.24) is 24.3 Å². The van der Waals surface area contributed by atoms with E-state index >= 15 is 0 Å². The fraction of sp³-hybridized carbons (Fsp3) is 0.473. The van der Waals surface area contributed by atoms with Crippen LogP contribution in [0.2, 0.25) is 0 Å². The van der Waals surface area contributed by atoms with Crippen molar-refractivity contribution in [3.8, 4) is 0 Å². The van der Waals surface area contributed by atoms with E-state index in [1.807, 2.05) is 18.2 Å². The second kappa shape index (κ2) is 22.2. The first-order valence-electron chi connectivity index (χ1n) is 26.6. The van der Waals surface area contributed by atoms with Gasteiger partial charge in [-0.05, 0) is 134 Å². The van der Waals surface area contributed by atoms with Gasteiger partial charge >= 0.3 is 29.2 Å². The first-order chi connectivity index (χ1) is 37.1. The number of anilines is 1. The highest BCUT2D eigenvalue weighted by Gasteiger charge is 2.45. The normalized spacial score (nSPS) is 22.4. The molecule has 79 heavy (non-hydrogen) atoms. The molecule has 1 saturated carbocycles. The van der Waals surface area contributed by atoms with Gasteiger partial charge in [-0.15, -0.1) is 0 Å². The van der Waals surface area contributed by atoms with E-state index in [9.17, 15) is 47.8 Å². The zero-order valence-corrected chi connectivity index (χ0v) is 48.1. The molecule has 424 valence electrons. The van der Waals surface area contributed by atoms with Crippen molar-refractivity contribution in [2.24, 2.45) is 5.92 Å². The summed E-state index contributed by atoms with van der Waals surface area (Å²) in [5, 5.41) is 16.0. The molecule has 3 aliphatic heterocycles. The highest BCUT2D eigenvalue weighted by Crippen LogP contribution is 2.66. The summed E-state index contributed by atoms with van der Waals surface area (Å²) >= 11 is 0. The smallest absolute Gasteiger partial charge is 0.393 e. The fourth-order valence-corrected chi connectivity index (χ4v) is 15.9. The third-order valence-corrected chi connectivity index (χ3v) is 20.0. The summed E-state index contributed by atoms with van der Waals surface area (Å²) in [6, 6.07) is 14.4. The Bertz CT molecular complexity index is 3600. The van der Waals surface area contributed by atoms with Crippen molar-refractivity contribution in [2.75, 3.05) is 51.3 Å². The van der Waals surface area contributed by atoms with Gasteiger partial charge < -0.3 is 39.8 Å². The third kappa shape index (κ3) is 12.0. The molecule has 21 nitrogen and oxygen atoms in total. The molecule has 0 radical (unpaired) electrons. The Morgan fingerprint density at radius 3 is 2.48 bits per heavy atom. The number of phosphoric ester groups is 1. The van der Waals surface area contributed by atoms with Crippen molar-refractivity contribution < 1.29 is 61.1 Å². The lowest BCUT2D eigenvalue weighted by molar-refractivity contribution is -0.121. The Kier molecular flexibility index (Phi) is 16.3. The SMILES string of the molecule is CCN1c2cc3c(cc2C(C)CC1(C)C)C(c1ccccc1C(=O)N(C)CCCC(=O)NC/C=C/c1cn([C@H]2CC(O)[C@@H](COP(=O)(O)OP(=O)(O)OP(=O)(O)O)C2)c(=O)[nH]c1=O)=c1cc2c4c(c1C3(C)C)CCC[N+]=4CC=C2. The van der Waals surface area contributed by atoms with Crippen LogP contribution in [0.25, 0.3) is 17.7 Å². The maximum absolute atomic E-state index is 14.8. The first-order valence-corrected chi connectivity index (χ1v) is 31.2. The third-order valence-electron chi connectivity index (χ3n) is 16.2. The fourth-order valence-electron chi connectivity index (χ4n) is 12.9. The molecule has 0 bridgehead atoms. The van der Waals surface area contributed by atoms with E-state index < -0.39 is 59.4 Å². The van der Waals surface area contributed by atoms with E-state index in [1.165, 1.54) is 57.2 Å². The summed E-state index contributed by atoms with van der Waals surface area (Å²) in [7, 11) is -15.0. The lowest BCUT2D eigenvalue weighted by Gasteiger charge is -2.48. The Balaban J connectivity index is 0.882. The molecule has 4 heterocycles. The van der Waals surface area contributed by atoms with Gasteiger partial charge in [0.2, 0.25) is 11.3 Å². The summed E-state index contributed by atoms with van der Waals surface area (Å²) in [4.78, 5) is 96.8. The van der Waals surface area contributed by atoms with Crippen LogP contribution in [0.5, 0.6) is 0 Å². The van der Waals surface area contributed by atoms with Crippen molar-refractivity contribution >= 4 is 58.7 Å². The number of phosphoric acid groups is 3. The number of benzene rings is 3. The quantitative estimate of drug-likeness (QED) is 0.0489. The van der Waals surface area contributed by atoms with Gasteiger partial charge in [-0.25, -0.2) is 23.1 Å². The average Bonchev–Trinajstić information content (AvgIpc) is 3.58. The van der Waals surface area contributed by atoms with Crippen LogP contribution < -0.4 is 36.6 Å². The monoisotopic (exact) mass is 1150 g/mol. The maximum atomic E-state index is 14.8. The lowest BCUT2D eigenvalue weighted by Crippen LogP contribution is -2.49. The molecule has 1 aromatic heterocycles. The Morgan fingerprint density at radius 1 is 1.00 bits per heavy atom. The molecule has 4 unspecified atom stereocenters. The largest absolute Gasteiger partial charge is 0.490 e. The molecule has 4 aromatic rings. The number of nitrogens with one attached hydrogen (secondary N) is 2. The number of carbonyl (C=O) groups is 2. The minimum Gasteiger partial charge on any atom is -0.393 e. The number of amides is 2. The van der Waals surface area contributed by atoms with Crippen LogP contribution in [-0.2, 0) is 43.5 Å². The molecule has 2 aliphatic carbocycles. The number of nitrogens with zero attached hydrogens (tertiary/aromatic N) is 4. The standard InChI is InChI=1S/C55H69N6O15P3/c1-8-61-45-29-44-42(28-41(45)33(2)30-54(61,3)4)48(43-26-34-16-12-23-59-24-13-19-40(50(34)59)49(43)55(44,5)6)38-17-9-10-18-39(38)52(65)58(7)22-14-20-47(63)56-21-11-15-35-31-60(53(66)57-51(35)64)37-25-36(46(62)27-37)32-74-78(70,71)76-79(72,73)75-77(67,68)69/h9-12,15-18,26,28-29,31,33,36-37,46,62H,8,13-14,19-25,27,30,32H2,1-7H3,(H5-,56,57,63,64,66,67,68,69,70,71,72,73)/p+1/b15-11+/t33?,36-,37-,46?/m1/s1. The van der Waals surface area contributed by atoms with Gasteiger partial charge in [0.25, 0.3) is 11.5 Å². The van der Waals surface area contributed by atoms with E-state index in [2.05, 4.69) is 111 Å². The maximum Gasteiger partial charge on any atom is 0.490 e. The van der Waals surface area contributed by atoms with E-state index in [1.54, 1.807) is 11.9 Å². The molecular weight excluding hydrogens is 1080 g/mol. The molecule has 2 amide bonds. The summed E-state index contributed by atoms with van der Waals surface area (Å²) in [6.07, 6.45) is 10.9. The van der Waals surface area contributed by atoms with E-state index in [0.29, 0.717) is 24.4 Å². The number of aliphatic hydroxyl groups is 1. The van der Waals surface area contributed by atoms with Crippen molar-refractivity contribution in [3.05, 3.63) is 142 Å². The van der Waals surface area contributed by atoms with E-state index in [-0.39, 0.29) is 54.1 Å². The van der Waals surface area contributed by atoms with Gasteiger partial charge in [-0.3, -0.25) is 28.5 Å². The second-order valence-electron chi connectivity index (χ2n) is 22.5. The number of aromatic amines is 1. The van der Waals surface area contributed by atoms with Crippen molar-refractivity contribution in [3.63, 3.8) is 0 Å². The predicted octanol–water partition coefficient (Wildman–Crippen LogP) is 5.34. The van der Waals surface area contributed by atoms with Crippen LogP contribution >= 0.6 is 23.5 Å². The number of hydrogen-bond acceptors (Lipinski definition) is 12. The van der Waals surface area contributed by atoms with Crippen LogP contribution in [0.3, 0.4) is 0 Å². The van der Waals surface area contributed by atoms with E-state index in [4.69, 9.17) is 9.79 Å². The Morgan fingerprint density at radius 2 is 1.75 bits per heavy atom. The summed E-state index contributed by atoms with van der Waals surface area (Å²) in [5.41, 5.74) is 9.58. The average molecular weight is 1150 g/mol. The first kappa shape index (κ1) is 58.3. The summed E-state index contributed by atoms with van der Waals surface area (Å²) in [5.74, 6) is -1.07. The van der Waals surface area contributed by atoms with Crippen LogP contribution in [0.1, 0.15) is 147 Å². The zero-order valence-electron chi connectivity index (χ0n) is 45.4. The minimum absolute atomic E-state index is 0.0184. The van der Waals surface area contributed by atoms with Crippen molar-refractivity contribution in [1.29, 1.82) is 0 Å². The molecule has 0 saturated heterocycles. The Hall–Kier alpha value is -5.40. The summed E-state index contributed by atoms with van der Waals surface area (Å²) in [6.45, 7) is 16.4. The second-order valence-corrected chi connectivity index (χ2v) is 26.9. The Labute approximate surface area is 457 Å². The zero-order chi connectivity index (χ0) is 57.1. The number of aliphatic hydroxyl groups excluding tert-OH is 1. The van der Waals surface area contributed by atoms with E-state index in [0.717, 1.165) is 65.4 Å². The number of hydrogen-bond donors (Lipinski definition) is 7. The van der Waals surface area contributed by atoms with Crippen molar-refractivity contribution in [2.45, 2.75) is 116 Å². The predicted molar refractivity (Wildman–Crippen MR) is 298 cm³/mol. The van der Waals surface area contributed by atoms with Crippen LogP contribution in [0, 0.1) is 5.92 Å². The molecular formula is C55H70N6O15P3+. The van der Waals surface area contributed by atoms with Crippen LogP contribution in [0.4, 0.5) is 5.69 Å². The van der Waals surface area contributed by atoms with Gasteiger partial charge in [0.1, 0.15) is 6.54 Å². The van der Waals surface area contributed by atoms with Gasteiger partial charge in [0.05, 0.1) is 18.3 Å². The molecule has 3 aromatic carbocycles. The number of H-pyrrole nitrogens is 1. The molecule has 6 atom stereocenters. The number of rotatable bonds is 18. The molecule has 7 N–H and O–H groups in total. The number of fused-ring (bicyclic) bond motifs is 4. The minimum atomic E-state index is -5.75. The highest BCUT2D eigenvalue weighted by molar-refractivity contribution is 7.66. The van der Waals surface area contributed by atoms with Gasteiger partial charge in [0, 0.05) is 91.0 Å². The topological polar surface area (TPSA) is 291 Å². The molecule has 1 fully saturated rings. The molecule has 9 rings (SSSR count). The molecule has 5 aliphatic rings. The number of carbonyl (C=O) groups excluding carboxylic acids is 2. The highest BCUT2D eigenvalue weighted by atomic mass is 31.3. The van der Waals surface area contributed by atoms with Crippen LogP contribution in [0.15, 0.2) is 70.4 Å². The van der Waals surface area contributed by atoms with Gasteiger partial charge in [-0.1, -0.05) is 51.1 Å². The van der Waals surface area contributed by atoms with Gasteiger partial charge in [0.15, 0.2) is 6.54 Å². The van der Waals surface area contributed by atoms with Gasteiger partial charge in [-0.2, -0.15) is 8.62 Å². The molecule has 0 spiro atoms. The van der Waals surface area contributed by atoms with Crippen LogP contribution in [-0.4, -0.2) is 109 Å². The summed E-state index contributed by atoms with van der Waals surface area (Å²) < 4.78 is 50.7. The number of aromatic nitrogens is 2. The lowest BCUT2D eigenvalue weighted by atomic mass is 9.65. The molecule has 24 heteroatoms.